The van der Waals surface area contributed by atoms with Gasteiger partial charge in [0.25, 0.3) is 0 Å². The predicted octanol–water partition coefficient (Wildman–Crippen LogP) is 4.09. The van der Waals surface area contributed by atoms with E-state index in [9.17, 15) is 4.79 Å². The van der Waals surface area contributed by atoms with Crippen LogP contribution in [-0.4, -0.2) is 11.1 Å². The fraction of sp³-hybridized carbons (Fsp3) is 0.0714. The summed E-state index contributed by atoms with van der Waals surface area (Å²) >= 11 is 5.81. The molecule has 0 aliphatic heterocycles. The van der Waals surface area contributed by atoms with Crippen molar-refractivity contribution in [2.24, 2.45) is 0 Å². The van der Waals surface area contributed by atoms with Gasteiger partial charge >= 0.3 is 5.97 Å². The molecule has 18 heavy (non-hydrogen) atoms. The highest BCUT2D eigenvalue weighted by Gasteiger charge is 2.06. The molecule has 92 valence electrons. The zero-order valence-corrected chi connectivity index (χ0v) is 10.5. The number of hydrogen-bond acceptors (Lipinski definition) is 2. The zero-order chi connectivity index (χ0) is 13.1. The minimum atomic E-state index is -0.936. The van der Waals surface area contributed by atoms with E-state index >= 15 is 0 Å². The number of nitrogens with one attached hydrogen (secondary N) is 1. The molecule has 0 unspecified atom stereocenters. The molecule has 0 aromatic heterocycles. The van der Waals surface area contributed by atoms with Crippen molar-refractivity contribution in [3.05, 3.63) is 58.6 Å². The molecule has 0 atom stereocenters. The number of anilines is 2. The second-order valence-electron chi connectivity index (χ2n) is 3.97. The summed E-state index contributed by atoms with van der Waals surface area (Å²) in [4.78, 5) is 10.9. The van der Waals surface area contributed by atoms with Crippen LogP contribution in [0.2, 0.25) is 5.02 Å². The summed E-state index contributed by atoms with van der Waals surface area (Å²) in [5.74, 6) is -0.936. The van der Waals surface area contributed by atoms with Crippen molar-refractivity contribution in [1.82, 2.24) is 0 Å². The van der Waals surface area contributed by atoms with Crippen molar-refractivity contribution in [3.8, 4) is 0 Å². The molecule has 2 aromatic carbocycles. The Morgan fingerprint density at radius 2 is 1.83 bits per heavy atom. The highest BCUT2D eigenvalue weighted by atomic mass is 35.5. The number of carbonyl (C=O) groups is 1. The number of halogens is 1. The van der Waals surface area contributed by atoms with Crippen LogP contribution in [0.5, 0.6) is 0 Å². The van der Waals surface area contributed by atoms with Gasteiger partial charge in [0, 0.05) is 16.4 Å². The standard InChI is InChI=1S/C14H12ClNO2/c1-9-2-3-10(14(17)18)8-13(9)16-12-6-4-11(15)5-7-12/h2-8,16H,1H3,(H,17,18). The lowest BCUT2D eigenvalue weighted by Gasteiger charge is -2.10. The van der Waals surface area contributed by atoms with E-state index in [1.165, 1.54) is 0 Å². The van der Waals surface area contributed by atoms with Crippen LogP contribution in [0.4, 0.5) is 11.4 Å². The molecule has 4 heteroatoms. The van der Waals surface area contributed by atoms with Gasteiger partial charge in [-0.05, 0) is 48.9 Å². The first-order chi connectivity index (χ1) is 8.56. The largest absolute Gasteiger partial charge is 0.478 e. The van der Waals surface area contributed by atoms with E-state index in [-0.39, 0.29) is 5.56 Å². The van der Waals surface area contributed by atoms with Gasteiger partial charge in [-0.1, -0.05) is 17.7 Å². The van der Waals surface area contributed by atoms with Gasteiger partial charge in [-0.2, -0.15) is 0 Å². The predicted molar refractivity (Wildman–Crippen MR) is 72.9 cm³/mol. The molecule has 0 amide bonds. The van der Waals surface area contributed by atoms with Gasteiger partial charge in [-0.3, -0.25) is 0 Å². The fourth-order valence-corrected chi connectivity index (χ4v) is 1.70. The van der Waals surface area contributed by atoms with Crippen LogP contribution in [0.3, 0.4) is 0 Å². The molecule has 0 heterocycles. The van der Waals surface area contributed by atoms with E-state index in [1.807, 2.05) is 19.1 Å². The second-order valence-corrected chi connectivity index (χ2v) is 4.40. The van der Waals surface area contributed by atoms with Crippen LogP contribution in [-0.2, 0) is 0 Å². The topological polar surface area (TPSA) is 49.3 Å². The SMILES string of the molecule is Cc1ccc(C(=O)O)cc1Nc1ccc(Cl)cc1. The Hall–Kier alpha value is -2.00. The Labute approximate surface area is 110 Å². The fourth-order valence-electron chi connectivity index (χ4n) is 1.58. The van der Waals surface area contributed by atoms with E-state index in [0.29, 0.717) is 5.02 Å². The van der Waals surface area contributed by atoms with Gasteiger partial charge in [0.05, 0.1) is 5.56 Å². The summed E-state index contributed by atoms with van der Waals surface area (Å²) in [6, 6.07) is 12.2. The number of aryl methyl sites for hydroxylation is 1. The maximum Gasteiger partial charge on any atom is 0.335 e. The average molecular weight is 262 g/mol. The highest BCUT2D eigenvalue weighted by Crippen LogP contribution is 2.23. The van der Waals surface area contributed by atoms with Crippen LogP contribution in [0.1, 0.15) is 15.9 Å². The monoisotopic (exact) mass is 261 g/mol. The third-order valence-electron chi connectivity index (χ3n) is 2.61. The quantitative estimate of drug-likeness (QED) is 0.875. The van der Waals surface area contributed by atoms with Gasteiger partial charge in [-0.15, -0.1) is 0 Å². The number of rotatable bonds is 3. The molecule has 0 spiro atoms. The van der Waals surface area contributed by atoms with Crippen molar-refractivity contribution < 1.29 is 9.90 Å². The first-order valence-corrected chi connectivity index (χ1v) is 5.80. The maximum atomic E-state index is 10.9. The molecule has 3 nitrogen and oxygen atoms in total. The number of carboxylic acid groups (broad SMARTS) is 1. The van der Waals surface area contributed by atoms with E-state index in [1.54, 1.807) is 30.3 Å². The van der Waals surface area contributed by atoms with Crippen LogP contribution < -0.4 is 5.32 Å². The van der Waals surface area contributed by atoms with Crippen molar-refractivity contribution in [1.29, 1.82) is 0 Å². The molecule has 2 aromatic rings. The normalized spacial score (nSPS) is 10.1. The summed E-state index contributed by atoms with van der Waals surface area (Å²) in [6.45, 7) is 1.92. The van der Waals surface area contributed by atoms with E-state index < -0.39 is 5.97 Å². The summed E-state index contributed by atoms with van der Waals surface area (Å²) in [6.07, 6.45) is 0. The van der Waals surface area contributed by atoms with E-state index in [4.69, 9.17) is 16.7 Å². The average Bonchev–Trinajstić information content (AvgIpc) is 2.34. The van der Waals surface area contributed by atoms with Crippen LogP contribution in [0.15, 0.2) is 42.5 Å². The third kappa shape index (κ3) is 2.81. The number of carboxylic acids is 1. The van der Waals surface area contributed by atoms with Gasteiger partial charge in [0.1, 0.15) is 0 Å². The van der Waals surface area contributed by atoms with Crippen molar-refractivity contribution >= 4 is 28.9 Å². The lowest BCUT2D eigenvalue weighted by Crippen LogP contribution is -1.99. The molecular formula is C14H12ClNO2. The van der Waals surface area contributed by atoms with Gasteiger partial charge in [0.15, 0.2) is 0 Å². The Balaban J connectivity index is 2.30. The Bertz CT molecular complexity index is 579. The van der Waals surface area contributed by atoms with E-state index in [2.05, 4.69) is 5.32 Å². The van der Waals surface area contributed by atoms with Gasteiger partial charge in [0.2, 0.25) is 0 Å². The molecule has 0 radical (unpaired) electrons. The first kappa shape index (κ1) is 12.5. The smallest absolute Gasteiger partial charge is 0.335 e. The number of benzene rings is 2. The van der Waals surface area contributed by atoms with Crippen LogP contribution in [0, 0.1) is 6.92 Å². The molecule has 2 N–H and O–H groups in total. The van der Waals surface area contributed by atoms with Gasteiger partial charge < -0.3 is 10.4 Å². The molecule has 0 bridgehead atoms. The summed E-state index contributed by atoms with van der Waals surface area (Å²) < 4.78 is 0. The highest BCUT2D eigenvalue weighted by molar-refractivity contribution is 6.30. The number of aromatic carboxylic acids is 1. The Morgan fingerprint density at radius 1 is 1.17 bits per heavy atom. The van der Waals surface area contributed by atoms with Gasteiger partial charge in [-0.25, -0.2) is 4.79 Å². The molecule has 0 saturated heterocycles. The third-order valence-corrected chi connectivity index (χ3v) is 2.86. The molecule has 0 saturated carbocycles. The molecule has 0 fully saturated rings. The zero-order valence-electron chi connectivity index (χ0n) is 9.77. The molecule has 0 aliphatic carbocycles. The van der Waals surface area contributed by atoms with Crippen molar-refractivity contribution in [3.63, 3.8) is 0 Å². The number of hydrogen-bond donors (Lipinski definition) is 2. The lowest BCUT2D eigenvalue weighted by atomic mass is 10.1. The summed E-state index contributed by atoms with van der Waals surface area (Å²) in [7, 11) is 0. The molecule has 0 aliphatic rings. The molecular weight excluding hydrogens is 250 g/mol. The van der Waals surface area contributed by atoms with Crippen molar-refractivity contribution in [2.75, 3.05) is 5.32 Å². The second kappa shape index (κ2) is 5.10. The summed E-state index contributed by atoms with van der Waals surface area (Å²) in [5.41, 5.74) is 2.88. The summed E-state index contributed by atoms with van der Waals surface area (Å²) in [5, 5.41) is 12.8. The lowest BCUT2D eigenvalue weighted by molar-refractivity contribution is 0.0697. The first-order valence-electron chi connectivity index (χ1n) is 5.43. The Morgan fingerprint density at radius 3 is 2.44 bits per heavy atom. The van der Waals surface area contributed by atoms with Crippen molar-refractivity contribution in [2.45, 2.75) is 6.92 Å². The Kier molecular flexibility index (Phi) is 3.53. The van der Waals surface area contributed by atoms with Crippen LogP contribution >= 0.6 is 11.6 Å². The van der Waals surface area contributed by atoms with Crippen LogP contribution in [0.25, 0.3) is 0 Å². The minimum absolute atomic E-state index is 0.261. The maximum absolute atomic E-state index is 10.9. The van der Waals surface area contributed by atoms with E-state index in [0.717, 1.165) is 16.9 Å². The minimum Gasteiger partial charge on any atom is -0.478 e. The molecule has 2 rings (SSSR count).